The van der Waals surface area contributed by atoms with Crippen molar-refractivity contribution in [3.63, 3.8) is 0 Å². The second-order valence-corrected chi connectivity index (χ2v) is 8.36. The summed E-state index contributed by atoms with van der Waals surface area (Å²) >= 11 is 12.3. The minimum absolute atomic E-state index is 0.0139. The SMILES string of the molecule is COc1cc(/C=C2\C(=O)NN(c3ccccc3)C2=O)cc(Cl)c1OCCCOc1ccc(Cl)cc1. The molecule has 3 aromatic rings. The van der Waals surface area contributed by atoms with Crippen LogP contribution in [-0.4, -0.2) is 32.1 Å². The van der Waals surface area contributed by atoms with E-state index in [1.165, 1.54) is 18.2 Å². The molecule has 180 valence electrons. The lowest BCUT2D eigenvalue weighted by atomic mass is 10.1. The number of carbonyl (C=O) groups excluding carboxylic acids is 2. The summed E-state index contributed by atoms with van der Waals surface area (Å²) in [6.07, 6.45) is 2.08. The number of hydrogen-bond donors (Lipinski definition) is 1. The number of nitrogens with one attached hydrogen (secondary N) is 1. The van der Waals surface area contributed by atoms with Gasteiger partial charge in [-0.25, -0.2) is 5.01 Å². The molecule has 1 fully saturated rings. The predicted octanol–water partition coefficient (Wildman–Crippen LogP) is 5.31. The Morgan fingerprint density at radius 2 is 1.66 bits per heavy atom. The van der Waals surface area contributed by atoms with Crippen LogP contribution in [0, 0.1) is 0 Å². The maximum Gasteiger partial charge on any atom is 0.282 e. The Morgan fingerprint density at radius 1 is 0.943 bits per heavy atom. The van der Waals surface area contributed by atoms with E-state index in [1.54, 1.807) is 60.7 Å². The molecule has 0 saturated carbocycles. The molecule has 1 aliphatic heterocycles. The number of hydrogen-bond acceptors (Lipinski definition) is 5. The predicted molar refractivity (Wildman–Crippen MR) is 135 cm³/mol. The van der Waals surface area contributed by atoms with Crippen LogP contribution in [0.4, 0.5) is 5.69 Å². The van der Waals surface area contributed by atoms with Crippen LogP contribution < -0.4 is 24.6 Å². The zero-order chi connectivity index (χ0) is 24.8. The van der Waals surface area contributed by atoms with Crippen molar-refractivity contribution in [2.45, 2.75) is 6.42 Å². The number of rotatable bonds is 9. The van der Waals surface area contributed by atoms with Crippen molar-refractivity contribution in [3.8, 4) is 17.2 Å². The third kappa shape index (κ3) is 5.88. The van der Waals surface area contributed by atoms with Gasteiger partial charge in [-0.15, -0.1) is 0 Å². The lowest BCUT2D eigenvalue weighted by Crippen LogP contribution is -2.35. The average Bonchev–Trinajstić information content (AvgIpc) is 3.14. The van der Waals surface area contributed by atoms with Gasteiger partial charge in [0.15, 0.2) is 11.5 Å². The molecule has 9 heteroatoms. The van der Waals surface area contributed by atoms with E-state index in [4.69, 9.17) is 37.4 Å². The second-order valence-electron chi connectivity index (χ2n) is 7.51. The van der Waals surface area contributed by atoms with Gasteiger partial charge in [0.25, 0.3) is 11.8 Å². The van der Waals surface area contributed by atoms with Crippen LogP contribution in [0.1, 0.15) is 12.0 Å². The fourth-order valence-electron chi connectivity index (χ4n) is 3.40. The highest BCUT2D eigenvalue weighted by Crippen LogP contribution is 2.37. The average molecular weight is 513 g/mol. The molecule has 0 bridgehead atoms. The Hall–Kier alpha value is -3.68. The van der Waals surface area contributed by atoms with Crippen LogP contribution in [0.15, 0.2) is 72.3 Å². The van der Waals surface area contributed by atoms with Crippen molar-refractivity contribution < 1.29 is 23.8 Å². The van der Waals surface area contributed by atoms with Crippen LogP contribution in [0.25, 0.3) is 6.08 Å². The van der Waals surface area contributed by atoms with E-state index in [1.807, 2.05) is 6.07 Å². The monoisotopic (exact) mass is 512 g/mol. The topological polar surface area (TPSA) is 77.1 Å². The number of ether oxygens (including phenoxy) is 3. The normalized spacial score (nSPS) is 14.3. The summed E-state index contributed by atoms with van der Waals surface area (Å²) in [4.78, 5) is 25.3. The van der Waals surface area contributed by atoms with Crippen molar-refractivity contribution >= 4 is 46.8 Å². The molecule has 1 heterocycles. The molecule has 1 saturated heterocycles. The van der Waals surface area contributed by atoms with Gasteiger partial charge in [0.05, 0.1) is 31.0 Å². The van der Waals surface area contributed by atoms with Crippen LogP contribution >= 0.6 is 23.2 Å². The summed E-state index contributed by atoms with van der Waals surface area (Å²) in [6.45, 7) is 0.790. The van der Waals surface area contributed by atoms with Crippen molar-refractivity contribution in [2.24, 2.45) is 0 Å². The molecule has 0 aromatic heterocycles. The van der Waals surface area contributed by atoms with Crippen molar-refractivity contribution in [1.82, 2.24) is 5.43 Å². The third-order valence-corrected chi connectivity index (χ3v) is 5.62. The Morgan fingerprint density at radius 3 is 2.37 bits per heavy atom. The fraction of sp³-hybridized carbons (Fsp3) is 0.154. The first-order valence-corrected chi connectivity index (χ1v) is 11.5. The number of methoxy groups -OCH3 is 1. The van der Waals surface area contributed by atoms with Crippen LogP contribution in [0.2, 0.25) is 10.0 Å². The number of para-hydroxylation sites is 1. The number of amides is 2. The standard InChI is InChI=1S/C26H22Cl2N2O5/c1-33-23-16-17(14-21-25(31)29-30(26(21)32)19-6-3-2-4-7-19)15-22(28)24(23)35-13-5-12-34-20-10-8-18(27)9-11-20/h2-4,6-11,14-16H,5,12-13H2,1H3,(H,29,31)/b21-14+. The smallest absolute Gasteiger partial charge is 0.282 e. The van der Waals surface area contributed by atoms with Gasteiger partial charge < -0.3 is 14.2 Å². The summed E-state index contributed by atoms with van der Waals surface area (Å²) in [6, 6.07) is 19.2. The van der Waals surface area contributed by atoms with Gasteiger partial charge in [-0.1, -0.05) is 41.4 Å². The first kappa shape index (κ1) is 24.4. The third-order valence-electron chi connectivity index (χ3n) is 5.09. The number of halogens is 2. The molecule has 1 N–H and O–H groups in total. The van der Waals surface area contributed by atoms with Gasteiger partial charge in [-0.2, -0.15) is 0 Å². The first-order valence-electron chi connectivity index (χ1n) is 10.8. The van der Waals surface area contributed by atoms with Crippen LogP contribution in [-0.2, 0) is 9.59 Å². The van der Waals surface area contributed by atoms with E-state index < -0.39 is 11.8 Å². The van der Waals surface area contributed by atoms with E-state index in [0.717, 1.165) is 5.75 Å². The Kier molecular flexibility index (Phi) is 7.80. The van der Waals surface area contributed by atoms with E-state index in [2.05, 4.69) is 5.43 Å². The first-order chi connectivity index (χ1) is 17.0. The highest BCUT2D eigenvalue weighted by Gasteiger charge is 2.34. The second kappa shape index (κ2) is 11.2. The van der Waals surface area contributed by atoms with Crippen molar-refractivity contribution in [1.29, 1.82) is 0 Å². The molecule has 0 atom stereocenters. The minimum atomic E-state index is -0.505. The zero-order valence-corrected chi connectivity index (χ0v) is 20.3. The number of hydrazine groups is 1. The summed E-state index contributed by atoms with van der Waals surface area (Å²) in [5, 5.41) is 2.14. The highest BCUT2D eigenvalue weighted by atomic mass is 35.5. The summed E-state index contributed by atoms with van der Waals surface area (Å²) in [5.41, 5.74) is 3.64. The molecular formula is C26H22Cl2N2O5. The van der Waals surface area contributed by atoms with Gasteiger partial charge in [0, 0.05) is 11.4 Å². The molecule has 35 heavy (non-hydrogen) atoms. The van der Waals surface area contributed by atoms with Gasteiger partial charge >= 0.3 is 0 Å². The molecule has 0 spiro atoms. The van der Waals surface area contributed by atoms with E-state index in [9.17, 15) is 9.59 Å². The Bertz CT molecular complexity index is 1250. The molecule has 0 aliphatic carbocycles. The molecule has 1 aliphatic rings. The van der Waals surface area contributed by atoms with Crippen LogP contribution in [0.5, 0.6) is 17.2 Å². The number of nitrogens with zero attached hydrogens (tertiary/aromatic N) is 1. The molecule has 0 unspecified atom stereocenters. The number of anilines is 1. The lowest BCUT2D eigenvalue weighted by molar-refractivity contribution is -0.117. The number of carbonyl (C=O) groups is 2. The van der Waals surface area contributed by atoms with Gasteiger partial charge in [0.2, 0.25) is 0 Å². The molecule has 3 aromatic carbocycles. The number of benzene rings is 3. The molecular weight excluding hydrogens is 491 g/mol. The lowest BCUT2D eigenvalue weighted by Gasteiger charge is -2.14. The maximum atomic E-state index is 12.8. The van der Waals surface area contributed by atoms with Crippen molar-refractivity contribution in [2.75, 3.05) is 25.3 Å². The molecule has 0 radical (unpaired) electrons. The summed E-state index contributed by atoms with van der Waals surface area (Å²) in [7, 11) is 1.49. The van der Waals surface area contributed by atoms with E-state index >= 15 is 0 Å². The minimum Gasteiger partial charge on any atom is -0.493 e. The fourth-order valence-corrected chi connectivity index (χ4v) is 3.80. The van der Waals surface area contributed by atoms with Crippen molar-refractivity contribution in [3.05, 3.63) is 87.9 Å². The quantitative estimate of drug-likeness (QED) is 0.238. The van der Waals surface area contributed by atoms with E-state index in [0.29, 0.717) is 52.4 Å². The Labute approximate surface area is 212 Å². The maximum absolute atomic E-state index is 12.8. The van der Waals surface area contributed by atoms with Crippen LogP contribution in [0.3, 0.4) is 0 Å². The zero-order valence-electron chi connectivity index (χ0n) is 18.8. The largest absolute Gasteiger partial charge is 0.493 e. The Balaban J connectivity index is 1.41. The molecule has 4 rings (SSSR count). The van der Waals surface area contributed by atoms with Gasteiger partial charge in [-0.3, -0.25) is 15.0 Å². The highest BCUT2D eigenvalue weighted by molar-refractivity contribution is 6.33. The molecule has 7 nitrogen and oxygen atoms in total. The van der Waals surface area contributed by atoms with Gasteiger partial charge in [0.1, 0.15) is 11.3 Å². The van der Waals surface area contributed by atoms with Gasteiger partial charge in [-0.05, 0) is 60.2 Å². The van der Waals surface area contributed by atoms with E-state index in [-0.39, 0.29) is 5.57 Å². The molecule has 2 amide bonds. The summed E-state index contributed by atoms with van der Waals surface area (Å²) in [5.74, 6) is 0.510. The summed E-state index contributed by atoms with van der Waals surface area (Å²) < 4.78 is 16.9.